The lowest BCUT2D eigenvalue weighted by atomic mass is 10.0. The lowest BCUT2D eigenvalue weighted by Gasteiger charge is -2.18. The molecule has 6 nitrogen and oxygen atoms in total. The molecule has 0 bridgehead atoms. The van der Waals surface area contributed by atoms with E-state index in [2.05, 4.69) is 43.6 Å². The van der Waals surface area contributed by atoms with Gasteiger partial charge in [-0.2, -0.15) is 0 Å². The molecule has 0 heterocycles. The summed E-state index contributed by atoms with van der Waals surface area (Å²) in [5.74, 6) is -0.186. The second kappa shape index (κ2) is 16.6. The summed E-state index contributed by atoms with van der Waals surface area (Å²) in [5, 5.41) is 8.29. The van der Waals surface area contributed by atoms with Gasteiger partial charge in [0.1, 0.15) is 10.9 Å². The summed E-state index contributed by atoms with van der Waals surface area (Å²) >= 11 is 1.43. The summed E-state index contributed by atoms with van der Waals surface area (Å²) in [5.41, 5.74) is 5.92. The molecule has 1 atom stereocenters. The molecule has 5 aromatic rings. The van der Waals surface area contributed by atoms with Gasteiger partial charge >= 0.3 is 0 Å². The zero-order chi connectivity index (χ0) is 34.8. The Bertz CT molecular complexity index is 1890. The average Bonchev–Trinajstić information content (AvgIpc) is 3.12. The Hall–Kier alpha value is -5.40. The normalized spacial score (nSPS) is 12.0. The molecule has 0 saturated heterocycles. The third-order valence-corrected chi connectivity index (χ3v) is 9.26. The van der Waals surface area contributed by atoms with E-state index in [1.54, 1.807) is 42.5 Å². The van der Waals surface area contributed by atoms with Crippen LogP contribution in [0.5, 0.6) is 0 Å². The molecular weight excluding hydrogens is 627 g/mol. The zero-order valence-electron chi connectivity index (χ0n) is 28.1. The van der Waals surface area contributed by atoms with Crippen LogP contribution in [0, 0.1) is 0 Å². The van der Waals surface area contributed by atoms with Gasteiger partial charge in [-0.05, 0) is 88.7 Å². The molecule has 3 amide bonds. The number of carbonyl (C=O) groups excluding carboxylic acids is 3. The lowest BCUT2D eigenvalue weighted by molar-refractivity contribution is -0.116. The molecule has 5 rings (SSSR count). The monoisotopic (exact) mass is 667 g/mol. The Morgan fingerprint density at radius 1 is 0.571 bits per heavy atom. The van der Waals surface area contributed by atoms with E-state index in [0.29, 0.717) is 23.1 Å². The molecule has 0 aromatic heterocycles. The molecule has 49 heavy (non-hydrogen) atoms. The molecule has 0 radical (unpaired) electrons. The molecule has 248 valence electrons. The molecular formula is C42H41N3O3S. The van der Waals surface area contributed by atoms with Gasteiger partial charge in [0.2, 0.25) is 5.91 Å². The van der Waals surface area contributed by atoms with E-state index in [0.717, 1.165) is 21.7 Å². The van der Waals surface area contributed by atoms with Crippen LogP contribution in [0.1, 0.15) is 77.4 Å². The zero-order valence-corrected chi connectivity index (χ0v) is 29.0. The van der Waals surface area contributed by atoms with Crippen molar-refractivity contribution in [1.82, 2.24) is 5.32 Å². The highest BCUT2D eigenvalue weighted by Crippen LogP contribution is 2.37. The van der Waals surface area contributed by atoms with Crippen molar-refractivity contribution in [3.8, 4) is 0 Å². The van der Waals surface area contributed by atoms with Gasteiger partial charge in [0.15, 0.2) is 0 Å². The maximum Gasteiger partial charge on any atom is 0.272 e. The van der Waals surface area contributed by atoms with E-state index in [4.69, 9.17) is 0 Å². The van der Waals surface area contributed by atoms with Crippen molar-refractivity contribution < 1.29 is 14.4 Å². The molecule has 5 aromatic carbocycles. The number of nitrogens with one attached hydrogen (secondary N) is 3. The topological polar surface area (TPSA) is 87.3 Å². The minimum Gasteiger partial charge on any atom is -0.325 e. The number of rotatable bonds is 12. The van der Waals surface area contributed by atoms with Crippen LogP contribution in [0.15, 0.2) is 144 Å². The Morgan fingerprint density at radius 3 is 1.65 bits per heavy atom. The largest absolute Gasteiger partial charge is 0.325 e. The summed E-state index contributed by atoms with van der Waals surface area (Å²) in [7, 11) is 0. The number of amides is 3. The lowest BCUT2D eigenvalue weighted by Crippen LogP contribution is -2.30. The molecule has 0 aliphatic rings. The summed E-state index contributed by atoms with van der Waals surface area (Å²) in [6.45, 7) is 8.52. The van der Waals surface area contributed by atoms with E-state index in [9.17, 15) is 14.4 Å². The third kappa shape index (κ3) is 9.81. The third-order valence-electron chi connectivity index (χ3n) is 7.99. The Morgan fingerprint density at radius 2 is 1.08 bits per heavy atom. The minimum absolute atomic E-state index is 0.117. The summed E-state index contributed by atoms with van der Waals surface area (Å²) < 4.78 is 0. The van der Waals surface area contributed by atoms with Crippen LogP contribution in [0.2, 0.25) is 0 Å². The number of benzene rings is 5. The average molecular weight is 668 g/mol. The smallest absolute Gasteiger partial charge is 0.272 e. The fourth-order valence-corrected chi connectivity index (χ4v) is 6.12. The van der Waals surface area contributed by atoms with E-state index in [1.165, 1.54) is 22.9 Å². The van der Waals surface area contributed by atoms with E-state index < -0.39 is 11.2 Å². The molecule has 0 spiro atoms. The summed E-state index contributed by atoms with van der Waals surface area (Å²) in [4.78, 5) is 41.1. The SMILES string of the molecule is CC(C)c1ccc(/C=C(\NC(=O)c2ccccc2)C(=O)Nc2ccc(SC(C(=O)Nc3ccc(C(C)C)cc3)c3ccccc3)cc2)cc1. The van der Waals surface area contributed by atoms with Crippen molar-refractivity contribution >= 4 is 46.9 Å². The molecule has 7 heteroatoms. The first-order valence-electron chi connectivity index (χ1n) is 16.4. The van der Waals surface area contributed by atoms with Gasteiger partial charge in [-0.3, -0.25) is 14.4 Å². The highest BCUT2D eigenvalue weighted by Gasteiger charge is 2.23. The first-order valence-corrected chi connectivity index (χ1v) is 17.3. The van der Waals surface area contributed by atoms with Crippen LogP contribution < -0.4 is 16.0 Å². The van der Waals surface area contributed by atoms with Gasteiger partial charge in [-0.15, -0.1) is 11.8 Å². The highest BCUT2D eigenvalue weighted by molar-refractivity contribution is 8.00. The highest BCUT2D eigenvalue weighted by atomic mass is 32.2. The van der Waals surface area contributed by atoms with Gasteiger partial charge in [-0.1, -0.05) is 113 Å². The molecule has 1 unspecified atom stereocenters. The van der Waals surface area contributed by atoms with Crippen LogP contribution in [0.25, 0.3) is 6.08 Å². The first kappa shape index (κ1) is 34.9. The number of hydrogen-bond acceptors (Lipinski definition) is 4. The van der Waals surface area contributed by atoms with Gasteiger partial charge in [0.05, 0.1) is 0 Å². The van der Waals surface area contributed by atoms with Gasteiger partial charge in [-0.25, -0.2) is 0 Å². The molecule has 0 aliphatic heterocycles. The summed E-state index contributed by atoms with van der Waals surface area (Å²) in [6.07, 6.45) is 1.67. The Labute approximate surface area is 293 Å². The molecule has 0 saturated carbocycles. The van der Waals surface area contributed by atoms with E-state index >= 15 is 0 Å². The van der Waals surface area contributed by atoms with Crippen molar-refractivity contribution in [3.05, 3.63) is 167 Å². The maximum atomic E-state index is 13.6. The molecule has 0 aliphatic carbocycles. The van der Waals surface area contributed by atoms with Crippen molar-refractivity contribution in [2.45, 2.75) is 49.7 Å². The number of carbonyl (C=O) groups is 3. The number of hydrogen-bond donors (Lipinski definition) is 3. The van der Waals surface area contributed by atoms with E-state index in [-0.39, 0.29) is 17.5 Å². The Balaban J connectivity index is 1.32. The number of thioether (sulfide) groups is 1. The maximum absolute atomic E-state index is 13.6. The van der Waals surface area contributed by atoms with Crippen molar-refractivity contribution in [3.63, 3.8) is 0 Å². The second-order valence-corrected chi connectivity index (χ2v) is 13.5. The molecule has 0 fully saturated rings. The standard InChI is InChI=1S/C42H41N3O3S/c1-28(2)31-17-15-30(16-18-31)27-38(45-40(46)34-13-9-6-10-14-34)41(47)43-36-23-25-37(26-24-36)49-39(33-11-7-5-8-12-33)42(48)44-35-21-19-32(20-22-35)29(3)4/h5-29,39H,1-4H3,(H,43,47)(H,44,48)(H,45,46)/b38-27-. The molecule has 3 N–H and O–H groups in total. The fraction of sp³-hybridized carbons (Fsp3) is 0.167. The minimum atomic E-state index is -0.503. The second-order valence-electron chi connectivity index (χ2n) is 12.4. The Kier molecular flexibility index (Phi) is 11.8. The van der Waals surface area contributed by atoms with Crippen molar-refractivity contribution in [1.29, 1.82) is 0 Å². The van der Waals surface area contributed by atoms with Gasteiger partial charge in [0.25, 0.3) is 11.8 Å². The van der Waals surface area contributed by atoms with Crippen LogP contribution >= 0.6 is 11.8 Å². The van der Waals surface area contributed by atoms with Gasteiger partial charge in [0, 0.05) is 21.8 Å². The van der Waals surface area contributed by atoms with Crippen LogP contribution in [-0.2, 0) is 9.59 Å². The number of anilines is 2. The van der Waals surface area contributed by atoms with E-state index in [1.807, 2.05) is 97.1 Å². The van der Waals surface area contributed by atoms with Crippen molar-refractivity contribution in [2.75, 3.05) is 10.6 Å². The van der Waals surface area contributed by atoms with Crippen molar-refractivity contribution in [2.24, 2.45) is 0 Å². The van der Waals surface area contributed by atoms with Crippen LogP contribution in [0.3, 0.4) is 0 Å². The van der Waals surface area contributed by atoms with Crippen LogP contribution in [-0.4, -0.2) is 17.7 Å². The predicted molar refractivity (Wildman–Crippen MR) is 202 cm³/mol. The first-order chi connectivity index (χ1) is 23.7. The quantitative estimate of drug-likeness (QED) is 0.0913. The predicted octanol–water partition coefficient (Wildman–Crippen LogP) is 9.82. The fourth-order valence-electron chi connectivity index (χ4n) is 5.10. The van der Waals surface area contributed by atoms with Gasteiger partial charge < -0.3 is 16.0 Å². The summed E-state index contributed by atoms with van der Waals surface area (Å²) in [6, 6.07) is 41.6. The van der Waals surface area contributed by atoms with Crippen LogP contribution in [0.4, 0.5) is 11.4 Å².